The van der Waals surface area contributed by atoms with Crippen LogP contribution in [0, 0.1) is 0 Å². The van der Waals surface area contributed by atoms with E-state index in [-0.39, 0.29) is 11.9 Å². The Morgan fingerprint density at radius 2 is 2.12 bits per heavy atom. The first-order valence-electron chi connectivity index (χ1n) is 8.60. The Morgan fingerprint density at radius 1 is 1.28 bits per heavy atom. The summed E-state index contributed by atoms with van der Waals surface area (Å²) in [7, 11) is 1.95. The first-order chi connectivity index (χ1) is 12.2. The van der Waals surface area contributed by atoms with Crippen molar-refractivity contribution in [3.05, 3.63) is 71.3 Å². The summed E-state index contributed by atoms with van der Waals surface area (Å²) in [6.07, 6.45) is 6.73. The number of fused-ring (bicyclic) bond motifs is 1. The fourth-order valence-electron chi connectivity index (χ4n) is 3.43. The van der Waals surface area contributed by atoms with E-state index in [0.29, 0.717) is 12.2 Å². The largest absolute Gasteiger partial charge is 0.344 e. The molecule has 6 nitrogen and oxygen atoms in total. The van der Waals surface area contributed by atoms with Crippen LogP contribution in [0.5, 0.6) is 0 Å². The van der Waals surface area contributed by atoms with E-state index in [1.807, 2.05) is 54.5 Å². The predicted octanol–water partition coefficient (Wildman–Crippen LogP) is 2.47. The highest BCUT2D eigenvalue weighted by molar-refractivity contribution is 5.92. The summed E-state index contributed by atoms with van der Waals surface area (Å²) in [5, 5.41) is 11.9. The van der Waals surface area contributed by atoms with Crippen molar-refractivity contribution < 1.29 is 4.79 Å². The Morgan fingerprint density at radius 3 is 2.96 bits per heavy atom. The van der Waals surface area contributed by atoms with Gasteiger partial charge in [0.25, 0.3) is 5.91 Å². The third-order valence-electron chi connectivity index (χ3n) is 4.74. The van der Waals surface area contributed by atoms with Gasteiger partial charge in [0.15, 0.2) is 0 Å². The van der Waals surface area contributed by atoms with Crippen LogP contribution in [0.25, 0.3) is 0 Å². The van der Waals surface area contributed by atoms with Gasteiger partial charge in [0.2, 0.25) is 0 Å². The summed E-state index contributed by atoms with van der Waals surface area (Å²) in [6, 6.07) is 11.9. The van der Waals surface area contributed by atoms with Gasteiger partial charge in [-0.05, 0) is 30.9 Å². The van der Waals surface area contributed by atoms with Crippen LogP contribution < -0.4 is 5.32 Å². The summed E-state index contributed by atoms with van der Waals surface area (Å²) in [6.45, 7) is 0.657. The monoisotopic (exact) mass is 335 g/mol. The van der Waals surface area contributed by atoms with Crippen molar-refractivity contribution in [1.82, 2.24) is 24.9 Å². The SMILES string of the molecule is Cn1ncc2c1CCCC2NC(=O)c1ccn(Cc2ccccc2)n1. The number of nitrogens with one attached hydrogen (secondary N) is 1. The minimum Gasteiger partial charge on any atom is -0.344 e. The number of benzene rings is 1. The van der Waals surface area contributed by atoms with Gasteiger partial charge in [0.1, 0.15) is 5.69 Å². The second-order valence-corrected chi connectivity index (χ2v) is 6.47. The molecule has 1 aliphatic carbocycles. The highest BCUT2D eigenvalue weighted by Gasteiger charge is 2.25. The maximum Gasteiger partial charge on any atom is 0.272 e. The van der Waals surface area contributed by atoms with E-state index in [9.17, 15) is 4.79 Å². The van der Waals surface area contributed by atoms with Gasteiger partial charge in [-0.1, -0.05) is 30.3 Å². The van der Waals surface area contributed by atoms with Crippen LogP contribution >= 0.6 is 0 Å². The molecule has 0 saturated heterocycles. The fraction of sp³-hybridized carbons (Fsp3) is 0.316. The highest BCUT2D eigenvalue weighted by Crippen LogP contribution is 2.29. The summed E-state index contributed by atoms with van der Waals surface area (Å²) in [5.74, 6) is -0.131. The van der Waals surface area contributed by atoms with Crippen molar-refractivity contribution in [2.24, 2.45) is 7.05 Å². The average Bonchev–Trinajstić information content (AvgIpc) is 3.24. The standard InChI is InChI=1S/C19H21N5O/c1-23-18-9-5-8-16(15(18)12-20-23)21-19(25)17-10-11-24(22-17)13-14-6-3-2-4-7-14/h2-4,6-7,10-12,16H,5,8-9,13H2,1H3,(H,21,25). The molecule has 128 valence electrons. The van der Waals surface area contributed by atoms with E-state index in [1.165, 1.54) is 5.69 Å². The smallest absolute Gasteiger partial charge is 0.272 e. The summed E-state index contributed by atoms with van der Waals surface area (Å²) in [5.41, 5.74) is 3.95. The Kier molecular flexibility index (Phi) is 4.09. The molecule has 0 fully saturated rings. The van der Waals surface area contributed by atoms with Gasteiger partial charge in [0.05, 0.1) is 18.8 Å². The Hall–Kier alpha value is -2.89. The number of aryl methyl sites for hydroxylation is 1. The van der Waals surface area contributed by atoms with Crippen molar-refractivity contribution in [2.45, 2.75) is 31.8 Å². The van der Waals surface area contributed by atoms with Crippen LogP contribution in [0.4, 0.5) is 0 Å². The van der Waals surface area contributed by atoms with E-state index >= 15 is 0 Å². The van der Waals surface area contributed by atoms with Gasteiger partial charge < -0.3 is 5.32 Å². The highest BCUT2D eigenvalue weighted by atomic mass is 16.2. The van der Waals surface area contributed by atoms with Gasteiger partial charge in [0, 0.05) is 24.5 Å². The number of hydrogen-bond donors (Lipinski definition) is 1. The lowest BCUT2D eigenvalue weighted by atomic mass is 9.93. The molecule has 1 aliphatic rings. The molecule has 0 aliphatic heterocycles. The van der Waals surface area contributed by atoms with Gasteiger partial charge in [-0.3, -0.25) is 14.2 Å². The number of carbonyl (C=O) groups excluding carboxylic acids is 1. The van der Waals surface area contributed by atoms with E-state index in [2.05, 4.69) is 15.5 Å². The molecule has 0 saturated carbocycles. The van der Waals surface area contributed by atoms with Crippen LogP contribution in [0.2, 0.25) is 0 Å². The number of aromatic nitrogens is 4. The van der Waals surface area contributed by atoms with Gasteiger partial charge in [-0.15, -0.1) is 0 Å². The van der Waals surface area contributed by atoms with Crippen LogP contribution in [0.1, 0.15) is 46.2 Å². The molecule has 1 N–H and O–H groups in total. The van der Waals surface area contributed by atoms with Gasteiger partial charge in [-0.25, -0.2) is 0 Å². The molecular weight excluding hydrogens is 314 g/mol. The van der Waals surface area contributed by atoms with Crippen molar-refractivity contribution in [3.63, 3.8) is 0 Å². The van der Waals surface area contributed by atoms with Crippen LogP contribution in [-0.4, -0.2) is 25.5 Å². The predicted molar refractivity (Wildman–Crippen MR) is 94.1 cm³/mol. The molecule has 1 unspecified atom stereocenters. The molecular formula is C19H21N5O. The quantitative estimate of drug-likeness (QED) is 0.796. The maximum atomic E-state index is 12.6. The van der Waals surface area contributed by atoms with Crippen molar-refractivity contribution in [3.8, 4) is 0 Å². The average molecular weight is 335 g/mol. The number of carbonyl (C=O) groups is 1. The molecule has 0 bridgehead atoms. The second-order valence-electron chi connectivity index (χ2n) is 6.47. The van der Waals surface area contributed by atoms with Gasteiger partial charge >= 0.3 is 0 Å². The second kappa shape index (κ2) is 6.55. The number of nitrogens with zero attached hydrogens (tertiary/aromatic N) is 4. The third-order valence-corrected chi connectivity index (χ3v) is 4.74. The zero-order valence-electron chi connectivity index (χ0n) is 14.2. The molecule has 2 aromatic heterocycles. The molecule has 6 heteroatoms. The number of hydrogen-bond acceptors (Lipinski definition) is 3. The van der Waals surface area contributed by atoms with E-state index in [4.69, 9.17) is 0 Å². The van der Waals surface area contributed by atoms with E-state index in [1.54, 1.807) is 10.7 Å². The third kappa shape index (κ3) is 3.20. The zero-order chi connectivity index (χ0) is 17.2. The maximum absolute atomic E-state index is 12.6. The van der Waals surface area contributed by atoms with Crippen LogP contribution in [0.15, 0.2) is 48.8 Å². The topological polar surface area (TPSA) is 64.7 Å². The van der Waals surface area contributed by atoms with E-state index < -0.39 is 0 Å². The first kappa shape index (κ1) is 15.6. The summed E-state index contributed by atoms with van der Waals surface area (Å²) in [4.78, 5) is 12.6. The Labute approximate surface area is 146 Å². The van der Waals surface area contributed by atoms with Crippen LogP contribution in [-0.2, 0) is 20.0 Å². The van der Waals surface area contributed by atoms with Crippen molar-refractivity contribution in [1.29, 1.82) is 0 Å². The molecule has 25 heavy (non-hydrogen) atoms. The first-order valence-corrected chi connectivity index (χ1v) is 8.60. The van der Waals surface area contributed by atoms with Crippen LogP contribution in [0.3, 0.4) is 0 Å². The fourth-order valence-corrected chi connectivity index (χ4v) is 3.43. The minimum atomic E-state index is -0.131. The molecule has 0 radical (unpaired) electrons. The lowest BCUT2D eigenvalue weighted by molar-refractivity contribution is 0.0926. The molecule has 0 spiro atoms. The molecule has 1 amide bonds. The molecule has 1 atom stereocenters. The van der Waals surface area contributed by atoms with E-state index in [0.717, 1.165) is 30.4 Å². The Bertz CT molecular complexity index is 880. The molecule has 1 aromatic carbocycles. The summed E-state index contributed by atoms with van der Waals surface area (Å²) >= 11 is 0. The summed E-state index contributed by atoms with van der Waals surface area (Å²) < 4.78 is 3.70. The van der Waals surface area contributed by atoms with Gasteiger partial charge in [-0.2, -0.15) is 10.2 Å². The normalized spacial score (nSPS) is 16.4. The number of amides is 1. The number of rotatable bonds is 4. The molecule has 2 heterocycles. The van der Waals surface area contributed by atoms with Crippen molar-refractivity contribution in [2.75, 3.05) is 0 Å². The lowest BCUT2D eigenvalue weighted by Gasteiger charge is -2.23. The molecule has 4 rings (SSSR count). The lowest BCUT2D eigenvalue weighted by Crippen LogP contribution is -2.31. The molecule has 3 aromatic rings. The van der Waals surface area contributed by atoms with Crippen molar-refractivity contribution >= 4 is 5.91 Å². The Balaban J connectivity index is 1.46. The minimum absolute atomic E-state index is 0.0178. The zero-order valence-corrected chi connectivity index (χ0v) is 14.2.